The number of nitrogens with one attached hydrogen (secondary N) is 3. The van der Waals surface area contributed by atoms with Crippen LogP contribution in [0.25, 0.3) is 22.3 Å². The van der Waals surface area contributed by atoms with Crippen molar-refractivity contribution in [2.45, 2.75) is 12.8 Å². The molecule has 40 heavy (non-hydrogen) atoms. The van der Waals surface area contributed by atoms with Crippen LogP contribution in [0.2, 0.25) is 0 Å². The van der Waals surface area contributed by atoms with Gasteiger partial charge in [0.15, 0.2) is 34.5 Å². The molecule has 5 aromatic rings. The van der Waals surface area contributed by atoms with E-state index in [-0.39, 0.29) is 30.2 Å². The van der Waals surface area contributed by atoms with Crippen LogP contribution in [0, 0.1) is 23.0 Å². The van der Waals surface area contributed by atoms with Crippen molar-refractivity contribution in [3.63, 3.8) is 0 Å². The van der Waals surface area contributed by atoms with Gasteiger partial charge in [-0.15, -0.1) is 0 Å². The highest BCUT2D eigenvalue weighted by Gasteiger charge is 2.16. The Kier molecular flexibility index (Phi) is 7.49. The number of nitrogen functional groups attached to an aromatic ring is 1. The number of halogens is 2. The Morgan fingerprint density at radius 3 is 2.58 bits per heavy atom. The van der Waals surface area contributed by atoms with Crippen molar-refractivity contribution in [3.8, 4) is 17.3 Å². The van der Waals surface area contributed by atoms with Crippen molar-refractivity contribution in [2.75, 3.05) is 24.1 Å². The maximum atomic E-state index is 13.4. The van der Waals surface area contributed by atoms with Crippen molar-refractivity contribution < 1.29 is 13.6 Å². The van der Waals surface area contributed by atoms with E-state index in [2.05, 4.69) is 40.8 Å². The Hall–Kier alpha value is -5.51. The van der Waals surface area contributed by atoms with Crippen LogP contribution in [0.1, 0.15) is 27.3 Å². The lowest BCUT2D eigenvalue weighted by Gasteiger charge is -2.11. The maximum absolute atomic E-state index is 13.4. The molecule has 0 radical (unpaired) electrons. The fourth-order valence-corrected chi connectivity index (χ4v) is 3.96. The topological polar surface area (TPSA) is 171 Å². The fraction of sp³-hybridized carbons (Fsp3) is 0.148. The molecule has 0 aliphatic carbocycles. The van der Waals surface area contributed by atoms with Crippen LogP contribution in [0.5, 0.6) is 0 Å². The summed E-state index contributed by atoms with van der Waals surface area (Å²) in [4.78, 5) is 29.9. The average molecular weight is 541 g/mol. The summed E-state index contributed by atoms with van der Waals surface area (Å²) in [5.74, 6) is -1.79. The molecule has 0 aliphatic heterocycles. The minimum atomic E-state index is -0.953. The smallest absolute Gasteiger partial charge is 0.273 e. The second-order valence-electron chi connectivity index (χ2n) is 8.78. The molecule has 1 aromatic carbocycles. The molecule has 0 spiro atoms. The third-order valence-corrected chi connectivity index (χ3v) is 6.05. The molecule has 13 heteroatoms. The molecule has 11 nitrogen and oxygen atoms in total. The summed E-state index contributed by atoms with van der Waals surface area (Å²) < 4.78 is 26.6. The van der Waals surface area contributed by atoms with Gasteiger partial charge in [0.05, 0.1) is 17.3 Å². The van der Waals surface area contributed by atoms with Crippen LogP contribution in [-0.2, 0) is 12.8 Å². The van der Waals surface area contributed by atoms with Gasteiger partial charge in [-0.1, -0.05) is 12.1 Å². The van der Waals surface area contributed by atoms with Crippen LogP contribution in [0.15, 0.2) is 55.0 Å². The Morgan fingerprint density at radius 2 is 1.80 bits per heavy atom. The van der Waals surface area contributed by atoms with Crippen LogP contribution >= 0.6 is 0 Å². The number of carbonyl (C=O) groups excluding carboxylic acids is 1. The zero-order valence-corrected chi connectivity index (χ0v) is 20.9. The van der Waals surface area contributed by atoms with Crippen LogP contribution in [0.4, 0.5) is 20.4 Å². The molecule has 0 saturated heterocycles. The molecule has 1 amide bonds. The molecule has 0 fully saturated rings. The zero-order chi connectivity index (χ0) is 28.1. The standard InChI is InChI=1S/C27H22F2N10O/c28-20-3-1-15(9-21(20)29)5-8-33-27(40)23-26(36-14-18(11-30)37-23)32-7-6-16-2-4-22(34-12-16)17-10-19-24(31)38-39-25(19)35-13-17/h1-4,9-10,12-14H,5-8H2,(H,32,36)(H,33,40)(H3,31,35,38,39). The maximum Gasteiger partial charge on any atom is 0.273 e. The molecular formula is C27H22F2N10O. The van der Waals surface area contributed by atoms with Gasteiger partial charge in [-0.3, -0.25) is 14.9 Å². The molecule has 0 saturated carbocycles. The van der Waals surface area contributed by atoms with Gasteiger partial charge in [0.25, 0.3) is 5.91 Å². The Bertz CT molecular complexity index is 1730. The molecule has 4 heterocycles. The van der Waals surface area contributed by atoms with E-state index in [4.69, 9.17) is 5.73 Å². The molecule has 0 atom stereocenters. The normalized spacial score (nSPS) is 10.8. The number of nitrogens with two attached hydrogens (primary N) is 1. The number of hydrogen-bond acceptors (Lipinski definition) is 9. The monoisotopic (exact) mass is 540 g/mol. The van der Waals surface area contributed by atoms with Gasteiger partial charge in [0.2, 0.25) is 0 Å². The van der Waals surface area contributed by atoms with Crippen molar-refractivity contribution in [2.24, 2.45) is 0 Å². The molecule has 4 aromatic heterocycles. The van der Waals surface area contributed by atoms with Crippen molar-refractivity contribution >= 4 is 28.6 Å². The summed E-state index contributed by atoms with van der Waals surface area (Å²) in [5.41, 5.74) is 9.37. The van der Waals surface area contributed by atoms with E-state index in [0.717, 1.165) is 34.3 Å². The predicted molar refractivity (Wildman–Crippen MR) is 143 cm³/mol. The number of aromatic amines is 1. The van der Waals surface area contributed by atoms with Gasteiger partial charge in [-0.05, 0) is 48.2 Å². The minimum absolute atomic E-state index is 0.0130. The number of anilines is 2. The third-order valence-electron chi connectivity index (χ3n) is 6.05. The summed E-state index contributed by atoms with van der Waals surface area (Å²) in [6, 6.07) is 11.1. The largest absolute Gasteiger partial charge is 0.384 e. The van der Waals surface area contributed by atoms with Gasteiger partial charge in [0, 0.05) is 31.0 Å². The van der Waals surface area contributed by atoms with Gasteiger partial charge in [-0.25, -0.2) is 23.7 Å². The second-order valence-corrected chi connectivity index (χ2v) is 8.78. The van der Waals surface area contributed by atoms with Crippen LogP contribution in [-0.4, -0.2) is 49.1 Å². The number of carbonyl (C=O) groups is 1. The zero-order valence-electron chi connectivity index (χ0n) is 20.9. The SMILES string of the molecule is N#Cc1cnc(NCCc2ccc(-c3cnc4n[nH]c(N)c4c3)nc2)c(C(=O)NCCc2ccc(F)c(F)c2)n1. The van der Waals surface area contributed by atoms with E-state index in [0.29, 0.717) is 30.0 Å². The number of aromatic nitrogens is 6. The van der Waals surface area contributed by atoms with Crippen LogP contribution < -0.4 is 16.4 Å². The quantitative estimate of drug-likeness (QED) is 0.219. The summed E-state index contributed by atoms with van der Waals surface area (Å²) in [6.07, 6.45) is 5.54. The Labute approximate surface area is 226 Å². The van der Waals surface area contributed by atoms with E-state index in [1.54, 1.807) is 12.4 Å². The Morgan fingerprint density at radius 1 is 0.975 bits per heavy atom. The lowest BCUT2D eigenvalue weighted by Crippen LogP contribution is -2.28. The highest BCUT2D eigenvalue weighted by atomic mass is 19.2. The van der Waals surface area contributed by atoms with Gasteiger partial charge in [-0.2, -0.15) is 10.4 Å². The summed E-state index contributed by atoms with van der Waals surface area (Å²) >= 11 is 0. The lowest BCUT2D eigenvalue weighted by atomic mass is 10.1. The van der Waals surface area contributed by atoms with Crippen molar-refractivity contribution in [1.82, 2.24) is 35.5 Å². The number of pyridine rings is 2. The highest BCUT2D eigenvalue weighted by molar-refractivity contribution is 5.96. The number of benzene rings is 1. The molecule has 0 bridgehead atoms. The minimum Gasteiger partial charge on any atom is -0.384 e. The van der Waals surface area contributed by atoms with E-state index in [1.165, 1.54) is 12.3 Å². The van der Waals surface area contributed by atoms with E-state index in [1.807, 2.05) is 24.3 Å². The first-order valence-electron chi connectivity index (χ1n) is 12.2. The van der Waals surface area contributed by atoms with Gasteiger partial charge >= 0.3 is 0 Å². The summed E-state index contributed by atoms with van der Waals surface area (Å²) in [7, 11) is 0. The number of hydrogen-bond donors (Lipinski definition) is 4. The first-order chi connectivity index (χ1) is 19.4. The van der Waals surface area contributed by atoms with E-state index >= 15 is 0 Å². The number of nitrogens with zero attached hydrogens (tertiary/aromatic N) is 6. The molecule has 5 N–H and O–H groups in total. The van der Waals surface area contributed by atoms with Gasteiger partial charge < -0.3 is 16.4 Å². The molecule has 0 aliphatic rings. The number of rotatable bonds is 9. The lowest BCUT2D eigenvalue weighted by molar-refractivity contribution is 0.0949. The average Bonchev–Trinajstić information content (AvgIpc) is 3.35. The first kappa shape index (κ1) is 26.1. The molecular weight excluding hydrogens is 518 g/mol. The molecule has 5 rings (SSSR count). The van der Waals surface area contributed by atoms with Crippen LogP contribution in [0.3, 0.4) is 0 Å². The third kappa shape index (κ3) is 5.81. The Balaban J connectivity index is 1.20. The highest BCUT2D eigenvalue weighted by Crippen LogP contribution is 2.23. The number of nitriles is 1. The van der Waals surface area contributed by atoms with E-state index < -0.39 is 17.5 Å². The van der Waals surface area contributed by atoms with Crippen molar-refractivity contribution in [3.05, 3.63) is 89.1 Å². The molecule has 0 unspecified atom stereocenters. The van der Waals surface area contributed by atoms with E-state index in [9.17, 15) is 18.8 Å². The summed E-state index contributed by atoms with van der Waals surface area (Å²) in [6.45, 7) is 0.561. The number of fused-ring (bicyclic) bond motifs is 1. The van der Waals surface area contributed by atoms with Gasteiger partial charge in [0.1, 0.15) is 11.9 Å². The predicted octanol–water partition coefficient (Wildman–Crippen LogP) is 3.17. The summed E-state index contributed by atoms with van der Waals surface area (Å²) in [5, 5.41) is 22.4. The molecule has 200 valence electrons. The van der Waals surface area contributed by atoms with Crippen molar-refractivity contribution in [1.29, 1.82) is 5.26 Å². The second kappa shape index (κ2) is 11.5. The number of H-pyrrole nitrogens is 1. The number of amides is 1. The fourth-order valence-electron chi connectivity index (χ4n) is 3.96. The first-order valence-corrected chi connectivity index (χ1v) is 12.2.